The zero-order valence-electron chi connectivity index (χ0n) is 20.3. The molecule has 1 fully saturated rings. The number of rotatable bonds is 4. The van der Waals surface area contributed by atoms with E-state index < -0.39 is 7.12 Å². The van der Waals surface area contributed by atoms with Crippen molar-refractivity contribution in [1.82, 2.24) is 4.90 Å². The van der Waals surface area contributed by atoms with E-state index in [0.717, 1.165) is 46.4 Å². The highest BCUT2D eigenvalue weighted by Crippen LogP contribution is 2.46. The SMILES string of the molecule is Cc1cc(C(=O)N2CCC3(CC2)COc2ccc(CN)cc23)cc(-c2cccc(B(O)O)c2)c1C. The van der Waals surface area contributed by atoms with E-state index in [9.17, 15) is 14.8 Å². The predicted molar refractivity (Wildman–Crippen MR) is 138 cm³/mol. The highest BCUT2D eigenvalue weighted by molar-refractivity contribution is 6.58. The lowest BCUT2D eigenvalue weighted by molar-refractivity contribution is 0.0646. The minimum absolute atomic E-state index is 0.0254. The third-order valence-corrected chi connectivity index (χ3v) is 7.77. The summed E-state index contributed by atoms with van der Waals surface area (Å²) in [6.45, 7) is 6.53. The third kappa shape index (κ3) is 4.24. The van der Waals surface area contributed by atoms with E-state index in [1.165, 1.54) is 5.56 Å². The lowest BCUT2D eigenvalue weighted by Crippen LogP contribution is -2.46. The van der Waals surface area contributed by atoms with E-state index in [1.54, 1.807) is 18.2 Å². The van der Waals surface area contributed by atoms with Crippen LogP contribution in [0.25, 0.3) is 11.1 Å². The molecule has 180 valence electrons. The second-order valence-electron chi connectivity index (χ2n) is 9.86. The van der Waals surface area contributed by atoms with Crippen LogP contribution >= 0.6 is 0 Å². The maximum Gasteiger partial charge on any atom is 0.488 e. The molecule has 2 heterocycles. The van der Waals surface area contributed by atoms with E-state index in [-0.39, 0.29) is 11.3 Å². The normalized spacial score (nSPS) is 16.2. The van der Waals surface area contributed by atoms with Crippen molar-refractivity contribution in [3.05, 3.63) is 82.4 Å². The number of ether oxygens (including phenoxy) is 1. The van der Waals surface area contributed by atoms with E-state index in [2.05, 4.69) is 6.07 Å². The first-order valence-corrected chi connectivity index (χ1v) is 12.1. The molecular weight excluding hydrogens is 439 g/mol. The number of nitrogens with two attached hydrogens (primary N) is 1. The monoisotopic (exact) mass is 470 g/mol. The molecule has 0 aliphatic carbocycles. The third-order valence-electron chi connectivity index (χ3n) is 7.77. The molecule has 0 saturated carbocycles. The molecule has 1 saturated heterocycles. The van der Waals surface area contributed by atoms with Gasteiger partial charge in [0.25, 0.3) is 5.91 Å². The number of amides is 1. The number of carbonyl (C=O) groups is 1. The van der Waals surface area contributed by atoms with Gasteiger partial charge in [-0.2, -0.15) is 0 Å². The number of piperidine rings is 1. The number of aryl methyl sites for hydroxylation is 1. The second-order valence-corrected chi connectivity index (χ2v) is 9.86. The number of nitrogens with zero attached hydrogens (tertiary/aromatic N) is 1. The van der Waals surface area contributed by atoms with Gasteiger partial charge in [-0.1, -0.05) is 36.4 Å². The zero-order chi connectivity index (χ0) is 24.7. The van der Waals surface area contributed by atoms with Crippen molar-refractivity contribution in [2.75, 3.05) is 19.7 Å². The standard InChI is InChI=1S/C28H31BN2O4/c1-18-12-22(15-24(19(18)2)21-4-3-5-23(14-21)29(33)34)27(32)31-10-8-28(9-11-31)17-35-26-7-6-20(16-30)13-25(26)28/h3-7,12-15,33-34H,8-11,16-17,30H2,1-2H3. The molecule has 7 heteroatoms. The van der Waals surface area contributed by atoms with Gasteiger partial charge in [0.2, 0.25) is 0 Å². The van der Waals surface area contributed by atoms with Crippen molar-refractivity contribution >= 4 is 18.5 Å². The fourth-order valence-corrected chi connectivity index (χ4v) is 5.42. The van der Waals surface area contributed by atoms with Crippen molar-refractivity contribution in [3.63, 3.8) is 0 Å². The Morgan fingerprint density at radius 1 is 1.09 bits per heavy atom. The van der Waals surface area contributed by atoms with Crippen LogP contribution in [0.3, 0.4) is 0 Å². The Bertz CT molecular complexity index is 1280. The lowest BCUT2D eigenvalue weighted by atomic mass is 9.74. The Balaban J connectivity index is 1.39. The van der Waals surface area contributed by atoms with Crippen molar-refractivity contribution in [3.8, 4) is 16.9 Å². The van der Waals surface area contributed by atoms with Crippen LogP contribution in [-0.4, -0.2) is 47.7 Å². The molecule has 35 heavy (non-hydrogen) atoms. The topological polar surface area (TPSA) is 96.0 Å². The molecule has 0 atom stereocenters. The van der Waals surface area contributed by atoms with Crippen LogP contribution in [0, 0.1) is 13.8 Å². The molecule has 4 N–H and O–H groups in total. The fraction of sp³-hybridized carbons (Fsp3) is 0.321. The van der Waals surface area contributed by atoms with Gasteiger partial charge in [-0.05, 0) is 78.2 Å². The van der Waals surface area contributed by atoms with Crippen molar-refractivity contribution in [1.29, 1.82) is 0 Å². The van der Waals surface area contributed by atoms with Crippen LogP contribution < -0.4 is 15.9 Å². The molecular formula is C28H31BN2O4. The summed E-state index contributed by atoms with van der Waals surface area (Å²) >= 11 is 0. The van der Waals surface area contributed by atoms with Gasteiger partial charge in [0, 0.05) is 36.2 Å². The molecule has 3 aromatic rings. The van der Waals surface area contributed by atoms with E-state index in [4.69, 9.17) is 10.5 Å². The number of carbonyl (C=O) groups excluding carboxylic acids is 1. The molecule has 2 aliphatic rings. The first-order chi connectivity index (χ1) is 16.8. The first-order valence-electron chi connectivity index (χ1n) is 12.1. The minimum atomic E-state index is -1.53. The first kappa shape index (κ1) is 23.6. The molecule has 2 aliphatic heterocycles. The molecule has 3 aromatic carbocycles. The molecule has 0 unspecified atom stereocenters. The van der Waals surface area contributed by atoms with Gasteiger partial charge >= 0.3 is 7.12 Å². The maximum absolute atomic E-state index is 13.6. The summed E-state index contributed by atoms with van der Waals surface area (Å²) in [7, 11) is -1.53. The Kier molecular flexibility index (Phi) is 6.17. The smallest absolute Gasteiger partial charge is 0.488 e. The van der Waals surface area contributed by atoms with Crippen molar-refractivity contribution < 1.29 is 19.6 Å². The molecule has 6 nitrogen and oxygen atoms in total. The Morgan fingerprint density at radius 2 is 1.86 bits per heavy atom. The Labute approximate surface area is 206 Å². The summed E-state index contributed by atoms with van der Waals surface area (Å²) in [5.74, 6) is 0.966. The van der Waals surface area contributed by atoms with Gasteiger partial charge in [0.1, 0.15) is 5.75 Å². The summed E-state index contributed by atoms with van der Waals surface area (Å²) in [6.07, 6.45) is 1.71. The number of likely N-dealkylation sites (tertiary alicyclic amines) is 1. The largest absolute Gasteiger partial charge is 0.492 e. The number of benzene rings is 3. The lowest BCUT2D eigenvalue weighted by Gasteiger charge is -2.38. The fourth-order valence-electron chi connectivity index (χ4n) is 5.42. The predicted octanol–water partition coefficient (Wildman–Crippen LogP) is 2.68. The van der Waals surface area contributed by atoms with E-state index in [1.807, 2.05) is 49.1 Å². The van der Waals surface area contributed by atoms with E-state index >= 15 is 0 Å². The summed E-state index contributed by atoms with van der Waals surface area (Å²) in [5, 5.41) is 19.2. The molecule has 0 aromatic heterocycles. The molecule has 0 bridgehead atoms. The molecule has 0 radical (unpaired) electrons. The van der Waals surface area contributed by atoms with Crippen LogP contribution in [0.2, 0.25) is 0 Å². The van der Waals surface area contributed by atoms with Crippen LogP contribution in [0.15, 0.2) is 54.6 Å². The van der Waals surface area contributed by atoms with Gasteiger partial charge in [-0.25, -0.2) is 0 Å². The highest BCUT2D eigenvalue weighted by atomic mass is 16.5. The second kappa shape index (κ2) is 9.15. The summed E-state index contributed by atoms with van der Waals surface area (Å²) in [6, 6.07) is 17.3. The summed E-state index contributed by atoms with van der Waals surface area (Å²) < 4.78 is 6.01. The molecule has 1 amide bonds. The highest BCUT2D eigenvalue weighted by Gasteiger charge is 2.44. The van der Waals surface area contributed by atoms with Crippen molar-refractivity contribution in [2.24, 2.45) is 5.73 Å². The van der Waals surface area contributed by atoms with Gasteiger partial charge in [0.05, 0.1) is 6.61 Å². The molecule has 5 rings (SSSR count). The average molecular weight is 470 g/mol. The minimum Gasteiger partial charge on any atom is -0.492 e. The Hall–Kier alpha value is -3.13. The average Bonchev–Trinajstić information content (AvgIpc) is 3.22. The molecule has 1 spiro atoms. The number of hydrogen-bond donors (Lipinski definition) is 3. The Morgan fingerprint density at radius 3 is 2.57 bits per heavy atom. The van der Waals surface area contributed by atoms with Gasteiger partial charge in [-0.3, -0.25) is 4.79 Å². The zero-order valence-corrected chi connectivity index (χ0v) is 20.3. The van der Waals surface area contributed by atoms with Gasteiger partial charge < -0.3 is 25.4 Å². The van der Waals surface area contributed by atoms with Gasteiger partial charge in [0.15, 0.2) is 0 Å². The van der Waals surface area contributed by atoms with Crippen LogP contribution in [0.4, 0.5) is 0 Å². The van der Waals surface area contributed by atoms with Crippen LogP contribution in [0.1, 0.15) is 45.5 Å². The summed E-state index contributed by atoms with van der Waals surface area (Å²) in [4.78, 5) is 15.5. The number of hydrogen-bond acceptors (Lipinski definition) is 5. The quantitative estimate of drug-likeness (QED) is 0.510. The number of fused-ring (bicyclic) bond motifs is 2. The van der Waals surface area contributed by atoms with E-state index in [0.29, 0.717) is 37.3 Å². The maximum atomic E-state index is 13.6. The van der Waals surface area contributed by atoms with Crippen LogP contribution in [0.5, 0.6) is 5.75 Å². The summed E-state index contributed by atoms with van der Waals surface area (Å²) in [5.41, 5.74) is 13.1. The van der Waals surface area contributed by atoms with Crippen LogP contribution in [-0.2, 0) is 12.0 Å². The van der Waals surface area contributed by atoms with Gasteiger partial charge in [-0.15, -0.1) is 0 Å². The van der Waals surface area contributed by atoms with Crippen molar-refractivity contribution in [2.45, 2.75) is 38.6 Å².